The zero-order valence-electron chi connectivity index (χ0n) is 10.4. The second-order valence-corrected chi connectivity index (χ2v) is 6.05. The van der Waals surface area contributed by atoms with Gasteiger partial charge in [0.25, 0.3) is 0 Å². The van der Waals surface area contributed by atoms with Gasteiger partial charge in [-0.15, -0.1) is 11.3 Å². The first kappa shape index (κ1) is 11.7. The molecule has 2 saturated heterocycles. The van der Waals surface area contributed by atoms with Gasteiger partial charge in [0.15, 0.2) is 0 Å². The van der Waals surface area contributed by atoms with E-state index in [0.717, 1.165) is 6.04 Å². The maximum Gasteiger partial charge on any atom is 0.0414 e. The van der Waals surface area contributed by atoms with Crippen molar-refractivity contribution in [2.75, 3.05) is 39.3 Å². The molecule has 0 amide bonds. The van der Waals surface area contributed by atoms with Crippen molar-refractivity contribution in [1.29, 1.82) is 0 Å². The number of hydrogen-bond donors (Lipinski definition) is 1. The summed E-state index contributed by atoms with van der Waals surface area (Å²) in [6.45, 7) is 9.64. The number of thiophene rings is 1. The van der Waals surface area contributed by atoms with Crippen molar-refractivity contribution in [1.82, 2.24) is 15.1 Å². The van der Waals surface area contributed by atoms with Crippen LogP contribution in [0.15, 0.2) is 17.5 Å². The summed E-state index contributed by atoms with van der Waals surface area (Å²) in [4.78, 5) is 6.77. The van der Waals surface area contributed by atoms with Crippen LogP contribution in [0, 0.1) is 0 Å². The van der Waals surface area contributed by atoms with Gasteiger partial charge in [0.2, 0.25) is 0 Å². The summed E-state index contributed by atoms with van der Waals surface area (Å²) < 4.78 is 0. The normalized spacial score (nSPS) is 25.7. The summed E-state index contributed by atoms with van der Waals surface area (Å²) in [5, 5.41) is 5.54. The highest BCUT2D eigenvalue weighted by molar-refractivity contribution is 7.10. The van der Waals surface area contributed by atoms with Crippen LogP contribution in [0.25, 0.3) is 0 Å². The standard InChI is InChI=1S/C13H21N3S/c1-11(13-3-2-8-17-13)15-4-6-16(7-5-15)12-9-14-10-12/h2-3,8,11-12,14H,4-7,9-10H2,1H3. The summed E-state index contributed by atoms with van der Waals surface area (Å²) >= 11 is 1.88. The van der Waals surface area contributed by atoms with E-state index in [-0.39, 0.29) is 0 Å². The largest absolute Gasteiger partial charge is 0.314 e. The Bertz CT molecular complexity index is 340. The van der Waals surface area contributed by atoms with Gasteiger partial charge in [0.05, 0.1) is 0 Å². The van der Waals surface area contributed by atoms with Crippen LogP contribution in [0.4, 0.5) is 0 Å². The summed E-state index contributed by atoms with van der Waals surface area (Å²) in [5.74, 6) is 0. The van der Waals surface area contributed by atoms with Gasteiger partial charge in [-0.3, -0.25) is 9.80 Å². The van der Waals surface area contributed by atoms with Gasteiger partial charge < -0.3 is 5.32 Å². The van der Waals surface area contributed by atoms with E-state index in [1.165, 1.54) is 44.1 Å². The molecule has 1 atom stereocenters. The third kappa shape index (κ3) is 2.40. The second kappa shape index (κ2) is 5.06. The fourth-order valence-corrected chi connectivity index (χ4v) is 3.55. The Morgan fingerprint density at radius 1 is 1.29 bits per heavy atom. The molecule has 1 aromatic heterocycles. The highest BCUT2D eigenvalue weighted by Crippen LogP contribution is 2.25. The first-order chi connectivity index (χ1) is 8.34. The molecule has 3 rings (SSSR count). The molecular formula is C13H21N3S. The topological polar surface area (TPSA) is 18.5 Å². The lowest BCUT2D eigenvalue weighted by Gasteiger charge is -2.44. The van der Waals surface area contributed by atoms with Crippen LogP contribution in [0.5, 0.6) is 0 Å². The van der Waals surface area contributed by atoms with Crippen molar-refractivity contribution >= 4 is 11.3 Å². The lowest BCUT2D eigenvalue weighted by molar-refractivity contribution is 0.0559. The molecule has 0 bridgehead atoms. The first-order valence-electron chi connectivity index (χ1n) is 6.57. The zero-order valence-corrected chi connectivity index (χ0v) is 11.2. The molecule has 2 aliphatic heterocycles. The Kier molecular flexibility index (Phi) is 3.47. The number of rotatable bonds is 3. The molecule has 1 unspecified atom stereocenters. The SMILES string of the molecule is CC(c1cccs1)N1CCN(C2CNC2)CC1. The van der Waals surface area contributed by atoms with Crippen LogP contribution in [0.1, 0.15) is 17.8 Å². The van der Waals surface area contributed by atoms with Gasteiger partial charge in [-0.05, 0) is 18.4 Å². The molecular weight excluding hydrogens is 230 g/mol. The third-order valence-corrected chi connectivity index (χ3v) is 5.17. The van der Waals surface area contributed by atoms with E-state index in [1.807, 2.05) is 11.3 Å². The van der Waals surface area contributed by atoms with E-state index < -0.39 is 0 Å². The molecule has 0 aromatic carbocycles. The summed E-state index contributed by atoms with van der Waals surface area (Å²) in [6.07, 6.45) is 0. The minimum absolute atomic E-state index is 0.594. The van der Waals surface area contributed by atoms with Gasteiger partial charge in [-0.1, -0.05) is 6.07 Å². The van der Waals surface area contributed by atoms with Crippen molar-refractivity contribution in [3.8, 4) is 0 Å². The lowest BCUT2D eigenvalue weighted by Crippen LogP contribution is -2.61. The first-order valence-corrected chi connectivity index (χ1v) is 7.45. The average molecular weight is 251 g/mol. The molecule has 0 saturated carbocycles. The smallest absolute Gasteiger partial charge is 0.0414 e. The number of piperazine rings is 1. The maximum absolute atomic E-state index is 3.36. The quantitative estimate of drug-likeness (QED) is 0.876. The minimum Gasteiger partial charge on any atom is -0.314 e. The molecule has 0 radical (unpaired) electrons. The number of hydrogen-bond acceptors (Lipinski definition) is 4. The Morgan fingerprint density at radius 3 is 2.59 bits per heavy atom. The lowest BCUT2D eigenvalue weighted by atomic mass is 10.1. The van der Waals surface area contributed by atoms with Crippen molar-refractivity contribution in [3.05, 3.63) is 22.4 Å². The van der Waals surface area contributed by atoms with Crippen LogP contribution >= 0.6 is 11.3 Å². The monoisotopic (exact) mass is 251 g/mol. The van der Waals surface area contributed by atoms with Gasteiger partial charge in [0.1, 0.15) is 0 Å². The molecule has 4 heteroatoms. The second-order valence-electron chi connectivity index (χ2n) is 5.08. The Morgan fingerprint density at radius 2 is 2.06 bits per heavy atom. The van der Waals surface area contributed by atoms with E-state index in [1.54, 1.807) is 0 Å². The van der Waals surface area contributed by atoms with Crippen LogP contribution < -0.4 is 5.32 Å². The molecule has 17 heavy (non-hydrogen) atoms. The molecule has 3 nitrogen and oxygen atoms in total. The van der Waals surface area contributed by atoms with Crippen LogP contribution in [0.3, 0.4) is 0 Å². The van der Waals surface area contributed by atoms with Gasteiger partial charge >= 0.3 is 0 Å². The molecule has 1 N–H and O–H groups in total. The zero-order chi connectivity index (χ0) is 11.7. The van der Waals surface area contributed by atoms with E-state index in [4.69, 9.17) is 0 Å². The van der Waals surface area contributed by atoms with E-state index in [9.17, 15) is 0 Å². The van der Waals surface area contributed by atoms with Gasteiger partial charge in [-0.25, -0.2) is 0 Å². The fourth-order valence-electron chi connectivity index (χ4n) is 2.73. The highest BCUT2D eigenvalue weighted by atomic mass is 32.1. The minimum atomic E-state index is 0.594. The van der Waals surface area contributed by atoms with Crippen molar-refractivity contribution in [2.45, 2.75) is 19.0 Å². The molecule has 3 heterocycles. The molecule has 0 spiro atoms. The number of nitrogens with zero attached hydrogens (tertiary/aromatic N) is 2. The average Bonchev–Trinajstić information content (AvgIpc) is 2.80. The maximum atomic E-state index is 3.36. The Balaban J connectivity index is 1.54. The third-order valence-electron chi connectivity index (χ3n) is 4.13. The van der Waals surface area contributed by atoms with Crippen molar-refractivity contribution in [3.63, 3.8) is 0 Å². The molecule has 0 aliphatic carbocycles. The highest BCUT2D eigenvalue weighted by Gasteiger charge is 2.29. The van der Waals surface area contributed by atoms with Gasteiger partial charge in [-0.2, -0.15) is 0 Å². The van der Waals surface area contributed by atoms with E-state index in [2.05, 4.69) is 39.6 Å². The van der Waals surface area contributed by atoms with Crippen LogP contribution in [-0.4, -0.2) is 55.1 Å². The summed E-state index contributed by atoms with van der Waals surface area (Å²) in [7, 11) is 0. The van der Waals surface area contributed by atoms with E-state index in [0.29, 0.717) is 6.04 Å². The predicted molar refractivity (Wildman–Crippen MR) is 72.5 cm³/mol. The van der Waals surface area contributed by atoms with Crippen molar-refractivity contribution < 1.29 is 0 Å². The van der Waals surface area contributed by atoms with Gasteiger partial charge in [0, 0.05) is 56.2 Å². The molecule has 1 aromatic rings. The molecule has 94 valence electrons. The summed E-state index contributed by atoms with van der Waals surface area (Å²) in [6, 6.07) is 5.83. The predicted octanol–water partition coefficient (Wildman–Crippen LogP) is 1.40. The van der Waals surface area contributed by atoms with E-state index >= 15 is 0 Å². The van der Waals surface area contributed by atoms with Crippen LogP contribution in [-0.2, 0) is 0 Å². The molecule has 2 aliphatic rings. The Hall–Kier alpha value is -0.420. The fraction of sp³-hybridized carbons (Fsp3) is 0.692. The Labute approximate surface area is 107 Å². The number of nitrogens with one attached hydrogen (secondary N) is 1. The van der Waals surface area contributed by atoms with Crippen LogP contribution in [0.2, 0.25) is 0 Å². The molecule has 2 fully saturated rings. The summed E-state index contributed by atoms with van der Waals surface area (Å²) in [5.41, 5.74) is 0. The van der Waals surface area contributed by atoms with Crippen molar-refractivity contribution in [2.24, 2.45) is 0 Å².